The summed E-state index contributed by atoms with van der Waals surface area (Å²) in [5, 5.41) is 14.0. The number of hydrogen-bond donors (Lipinski definition) is 1. The predicted octanol–water partition coefficient (Wildman–Crippen LogP) is 3.03. The molecule has 1 heterocycles. The van der Waals surface area contributed by atoms with Crippen molar-refractivity contribution in [2.24, 2.45) is 0 Å². The molecule has 2 aromatic rings. The summed E-state index contributed by atoms with van der Waals surface area (Å²) in [6.07, 6.45) is 1.60. The molecule has 0 radical (unpaired) electrons. The van der Waals surface area contributed by atoms with Crippen molar-refractivity contribution in [1.29, 1.82) is 0 Å². The molecule has 0 saturated heterocycles. The molecule has 1 aromatic heterocycles. The van der Waals surface area contributed by atoms with Crippen LogP contribution in [0.15, 0.2) is 29.0 Å². The highest BCUT2D eigenvalue weighted by atomic mass is 79.9. The normalized spacial score (nSPS) is 12.7. The first kappa shape index (κ1) is 13.2. The lowest BCUT2D eigenvalue weighted by molar-refractivity contribution is 0.209. The fourth-order valence-corrected chi connectivity index (χ4v) is 2.08. The standard InChI is InChI=1S/C12H11BrF2N2O/c1-2-17-6-7(5-16-17)12(18)11-9(14)3-8(13)4-10(11)15/h3-6,12,18H,2H2,1H3. The van der Waals surface area contributed by atoms with E-state index in [1.165, 1.54) is 6.20 Å². The van der Waals surface area contributed by atoms with Crippen LogP contribution >= 0.6 is 15.9 Å². The SMILES string of the molecule is CCn1cc(C(O)c2c(F)cc(Br)cc2F)cn1. The highest BCUT2D eigenvalue weighted by Gasteiger charge is 2.21. The molecule has 2 rings (SSSR count). The number of aliphatic hydroxyl groups is 1. The van der Waals surface area contributed by atoms with Crippen molar-refractivity contribution in [3.8, 4) is 0 Å². The molecule has 6 heteroatoms. The third-order valence-electron chi connectivity index (χ3n) is 2.61. The van der Waals surface area contributed by atoms with Gasteiger partial charge in [-0.05, 0) is 19.1 Å². The lowest BCUT2D eigenvalue weighted by Crippen LogP contribution is -2.05. The molecule has 18 heavy (non-hydrogen) atoms. The van der Waals surface area contributed by atoms with Gasteiger partial charge in [-0.1, -0.05) is 15.9 Å². The van der Waals surface area contributed by atoms with E-state index in [1.807, 2.05) is 6.92 Å². The smallest absolute Gasteiger partial charge is 0.133 e. The van der Waals surface area contributed by atoms with Gasteiger partial charge in [0.2, 0.25) is 0 Å². The number of aromatic nitrogens is 2. The van der Waals surface area contributed by atoms with Gasteiger partial charge in [-0.2, -0.15) is 5.10 Å². The maximum Gasteiger partial charge on any atom is 0.133 e. The van der Waals surface area contributed by atoms with Crippen LogP contribution in [0.1, 0.15) is 24.2 Å². The van der Waals surface area contributed by atoms with Gasteiger partial charge in [0.15, 0.2) is 0 Å². The zero-order chi connectivity index (χ0) is 13.3. The second kappa shape index (κ2) is 5.16. The lowest BCUT2D eigenvalue weighted by Gasteiger charge is -2.11. The molecule has 0 fully saturated rings. The van der Waals surface area contributed by atoms with E-state index in [4.69, 9.17) is 0 Å². The van der Waals surface area contributed by atoms with E-state index in [9.17, 15) is 13.9 Å². The maximum atomic E-state index is 13.7. The molecular formula is C12H11BrF2N2O. The molecule has 0 spiro atoms. The first-order valence-corrected chi connectivity index (χ1v) is 6.17. The lowest BCUT2D eigenvalue weighted by atomic mass is 10.0. The van der Waals surface area contributed by atoms with Crippen LogP contribution in [0.25, 0.3) is 0 Å². The molecule has 1 unspecified atom stereocenters. The van der Waals surface area contributed by atoms with Gasteiger partial charge in [-0.25, -0.2) is 8.78 Å². The topological polar surface area (TPSA) is 38.0 Å². The Hall–Kier alpha value is -1.27. The van der Waals surface area contributed by atoms with Gasteiger partial charge in [0, 0.05) is 22.8 Å². The highest BCUT2D eigenvalue weighted by molar-refractivity contribution is 9.10. The summed E-state index contributed by atoms with van der Waals surface area (Å²) in [7, 11) is 0. The van der Waals surface area contributed by atoms with Crippen LogP contribution in [0.4, 0.5) is 8.78 Å². The van der Waals surface area contributed by atoms with Crippen molar-refractivity contribution in [1.82, 2.24) is 9.78 Å². The fourth-order valence-electron chi connectivity index (χ4n) is 1.67. The minimum absolute atomic E-state index is 0.290. The average Bonchev–Trinajstić information content (AvgIpc) is 2.75. The molecule has 0 bridgehead atoms. The van der Waals surface area contributed by atoms with Crippen LogP contribution < -0.4 is 0 Å². The molecule has 1 N–H and O–H groups in total. The number of nitrogens with zero attached hydrogens (tertiary/aromatic N) is 2. The Morgan fingerprint density at radius 3 is 2.50 bits per heavy atom. The Morgan fingerprint density at radius 1 is 1.39 bits per heavy atom. The van der Waals surface area contributed by atoms with Gasteiger partial charge >= 0.3 is 0 Å². The van der Waals surface area contributed by atoms with Crippen LogP contribution in [0.3, 0.4) is 0 Å². The monoisotopic (exact) mass is 316 g/mol. The molecule has 96 valence electrons. The van der Waals surface area contributed by atoms with Crippen LogP contribution in [0.2, 0.25) is 0 Å². The largest absolute Gasteiger partial charge is 0.383 e. The summed E-state index contributed by atoms with van der Waals surface area (Å²) >= 11 is 2.99. The molecular weight excluding hydrogens is 306 g/mol. The van der Waals surface area contributed by atoms with Crippen molar-refractivity contribution in [2.45, 2.75) is 19.6 Å². The Kier molecular flexibility index (Phi) is 3.77. The summed E-state index contributed by atoms with van der Waals surface area (Å²) in [6, 6.07) is 2.23. The van der Waals surface area contributed by atoms with E-state index in [0.717, 1.165) is 12.1 Å². The van der Waals surface area contributed by atoms with Gasteiger partial charge in [0.1, 0.15) is 17.7 Å². The number of benzene rings is 1. The molecule has 3 nitrogen and oxygen atoms in total. The average molecular weight is 317 g/mol. The van der Waals surface area contributed by atoms with Gasteiger partial charge in [0.25, 0.3) is 0 Å². The van der Waals surface area contributed by atoms with Crippen LogP contribution in [0, 0.1) is 11.6 Å². The number of hydrogen-bond acceptors (Lipinski definition) is 2. The Bertz CT molecular complexity index is 548. The molecule has 1 aromatic carbocycles. The van der Waals surface area contributed by atoms with E-state index < -0.39 is 17.7 Å². The van der Waals surface area contributed by atoms with Crippen molar-refractivity contribution in [3.63, 3.8) is 0 Å². The molecule has 0 aliphatic rings. The van der Waals surface area contributed by atoms with Gasteiger partial charge in [-0.15, -0.1) is 0 Å². The highest BCUT2D eigenvalue weighted by Crippen LogP contribution is 2.28. The van der Waals surface area contributed by atoms with E-state index in [1.54, 1.807) is 10.9 Å². The molecule has 0 saturated carbocycles. The summed E-state index contributed by atoms with van der Waals surface area (Å²) in [6.45, 7) is 2.50. The molecule has 0 amide bonds. The maximum absolute atomic E-state index is 13.7. The van der Waals surface area contributed by atoms with Crippen LogP contribution in [-0.4, -0.2) is 14.9 Å². The Labute approximate surface area is 111 Å². The third-order valence-corrected chi connectivity index (χ3v) is 3.07. The molecule has 1 atom stereocenters. The molecule has 0 aliphatic heterocycles. The molecule has 0 aliphatic carbocycles. The van der Waals surface area contributed by atoms with Crippen molar-refractivity contribution in [2.75, 3.05) is 0 Å². The van der Waals surface area contributed by atoms with E-state index in [0.29, 0.717) is 12.1 Å². The van der Waals surface area contributed by atoms with Crippen LogP contribution in [-0.2, 0) is 6.54 Å². The minimum Gasteiger partial charge on any atom is -0.383 e. The van der Waals surface area contributed by atoms with Crippen LogP contribution in [0.5, 0.6) is 0 Å². The van der Waals surface area contributed by atoms with E-state index in [2.05, 4.69) is 21.0 Å². The van der Waals surface area contributed by atoms with E-state index >= 15 is 0 Å². The van der Waals surface area contributed by atoms with Gasteiger partial charge in [-0.3, -0.25) is 4.68 Å². The number of rotatable bonds is 3. The summed E-state index contributed by atoms with van der Waals surface area (Å²) in [4.78, 5) is 0. The number of aryl methyl sites for hydroxylation is 1. The number of halogens is 3. The third kappa shape index (κ3) is 2.44. The summed E-state index contributed by atoms with van der Waals surface area (Å²) in [5.74, 6) is -1.59. The van der Waals surface area contributed by atoms with E-state index in [-0.39, 0.29) is 10.0 Å². The summed E-state index contributed by atoms with van der Waals surface area (Å²) in [5.41, 5.74) is -0.00849. The first-order valence-electron chi connectivity index (χ1n) is 5.37. The first-order chi connectivity index (χ1) is 8.52. The van der Waals surface area contributed by atoms with Crippen molar-refractivity contribution >= 4 is 15.9 Å². The zero-order valence-corrected chi connectivity index (χ0v) is 11.2. The summed E-state index contributed by atoms with van der Waals surface area (Å²) < 4.78 is 29.2. The second-order valence-electron chi connectivity index (χ2n) is 3.82. The van der Waals surface area contributed by atoms with Crippen molar-refractivity contribution in [3.05, 3.63) is 51.8 Å². The fraction of sp³-hybridized carbons (Fsp3) is 0.250. The van der Waals surface area contributed by atoms with Gasteiger partial charge < -0.3 is 5.11 Å². The Balaban J connectivity index is 2.42. The predicted molar refractivity (Wildman–Crippen MR) is 66.0 cm³/mol. The minimum atomic E-state index is -1.36. The zero-order valence-electron chi connectivity index (χ0n) is 9.57. The quantitative estimate of drug-likeness (QED) is 0.945. The number of aliphatic hydroxyl groups excluding tert-OH is 1. The van der Waals surface area contributed by atoms with Gasteiger partial charge in [0.05, 0.1) is 11.8 Å². The second-order valence-corrected chi connectivity index (χ2v) is 4.73. The van der Waals surface area contributed by atoms with Crippen molar-refractivity contribution < 1.29 is 13.9 Å². The Morgan fingerprint density at radius 2 is 2.00 bits per heavy atom.